The zero-order chi connectivity index (χ0) is 17.3. The molecule has 2 rings (SSSR count). The summed E-state index contributed by atoms with van der Waals surface area (Å²) in [6.07, 6.45) is -4.21. The third kappa shape index (κ3) is 3.24. The minimum Gasteiger partial charge on any atom is -0.469 e. The summed E-state index contributed by atoms with van der Waals surface area (Å²) in [6, 6.07) is 0. The number of carbonyl (C=O) groups is 3. The Morgan fingerprint density at radius 3 is 2.35 bits per heavy atom. The molecule has 2 N–H and O–H groups in total. The van der Waals surface area contributed by atoms with E-state index >= 15 is 0 Å². The molecule has 2 aliphatic rings. The van der Waals surface area contributed by atoms with Gasteiger partial charge in [-0.25, -0.2) is 0 Å². The molecule has 0 aliphatic heterocycles. The van der Waals surface area contributed by atoms with Crippen LogP contribution in [0.1, 0.15) is 19.8 Å². The average Bonchev–Trinajstić information content (AvgIpc) is 2.51. The minimum absolute atomic E-state index is 0.0602. The Labute approximate surface area is 133 Å². The van der Waals surface area contributed by atoms with E-state index in [0.29, 0.717) is 0 Å². The van der Waals surface area contributed by atoms with Gasteiger partial charge in [-0.15, -0.1) is 0 Å². The van der Waals surface area contributed by atoms with Crippen molar-refractivity contribution < 1.29 is 38.8 Å². The monoisotopic (exact) mass is 330 g/mol. The van der Waals surface area contributed by atoms with E-state index in [0.717, 1.165) is 0 Å². The molecule has 0 aromatic rings. The van der Waals surface area contributed by atoms with Gasteiger partial charge in [-0.05, 0) is 18.3 Å². The van der Waals surface area contributed by atoms with E-state index in [2.05, 4.69) is 0 Å². The van der Waals surface area contributed by atoms with E-state index in [1.165, 1.54) is 21.1 Å². The highest BCUT2D eigenvalue weighted by Gasteiger charge is 2.56. The first kappa shape index (κ1) is 17.8. The Kier molecular flexibility index (Phi) is 5.38. The second-order valence-corrected chi connectivity index (χ2v) is 6.07. The van der Waals surface area contributed by atoms with Gasteiger partial charge in [0.05, 0.1) is 19.1 Å². The molecule has 8 nitrogen and oxygen atoms in total. The van der Waals surface area contributed by atoms with Gasteiger partial charge in [0.15, 0.2) is 5.78 Å². The fraction of sp³-hybridized carbons (Fsp3) is 0.800. The first-order valence-corrected chi connectivity index (χ1v) is 7.48. The van der Waals surface area contributed by atoms with E-state index in [1.54, 1.807) is 0 Å². The lowest BCUT2D eigenvalue weighted by molar-refractivity contribution is -0.197. The number of hydrogen-bond donors (Lipinski definition) is 2. The molecule has 7 atom stereocenters. The first-order valence-electron chi connectivity index (χ1n) is 7.48. The maximum Gasteiger partial charge on any atom is 0.311 e. The van der Waals surface area contributed by atoms with Gasteiger partial charge in [-0.2, -0.15) is 0 Å². The molecule has 0 aromatic carbocycles. The highest BCUT2D eigenvalue weighted by Crippen LogP contribution is 2.45. The van der Waals surface area contributed by atoms with Crippen molar-refractivity contribution >= 4 is 17.7 Å². The lowest BCUT2D eigenvalue weighted by atomic mass is 9.61. The summed E-state index contributed by atoms with van der Waals surface area (Å²) in [5, 5.41) is 20.0. The molecule has 0 heterocycles. The zero-order valence-electron chi connectivity index (χ0n) is 13.3. The van der Waals surface area contributed by atoms with Crippen LogP contribution in [-0.4, -0.2) is 66.6 Å². The number of carbonyl (C=O) groups excluding carboxylic acids is 3. The molecule has 0 bridgehead atoms. The van der Waals surface area contributed by atoms with Crippen molar-refractivity contribution in [3.63, 3.8) is 0 Å². The van der Waals surface area contributed by atoms with Gasteiger partial charge < -0.3 is 24.4 Å². The lowest BCUT2D eigenvalue weighted by Crippen LogP contribution is -2.60. The zero-order valence-corrected chi connectivity index (χ0v) is 13.3. The molecular weight excluding hydrogens is 308 g/mol. The van der Waals surface area contributed by atoms with E-state index in [9.17, 15) is 24.6 Å². The Morgan fingerprint density at radius 2 is 1.83 bits per heavy atom. The smallest absolute Gasteiger partial charge is 0.311 e. The predicted molar refractivity (Wildman–Crippen MR) is 75.1 cm³/mol. The Balaban J connectivity index is 2.38. The highest BCUT2D eigenvalue weighted by atomic mass is 16.6. The molecule has 130 valence electrons. The molecule has 2 fully saturated rings. The topological polar surface area (TPSA) is 119 Å². The van der Waals surface area contributed by atoms with Crippen LogP contribution >= 0.6 is 0 Å². The van der Waals surface area contributed by atoms with Crippen LogP contribution in [0.2, 0.25) is 0 Å². The molecule has 23 heavy (non-hydrogen) atoms. The average molecular weight is 330 g/mol. The van der Waals surface area contributed by atoms with Crippen LogP contribution in [0, 0.1) is 17.8 Å². The van der Waals surface area contributed by atoms with Gasteiger partial charge >= 0.3 is 11.9 Å². The number of rotatable bonds is 3. The normalized spacial score (nSPS) is 40.2. The molecule has 0 radical (unpaired) electrons. The molecule has 0 saturated heterocycles. The summed E-state index contributed by atoms with van der Waals surface area (Å²) in [5.41, 5.74) is 0. The number of hydrogen-bond acceptors (Lipinski definition) is 8. The van der Waals surface area contributed by atoms with Crippen LogP contribution in [-0.2, 0) is 28.6 Å². The van der Waals surface area contributed by atoms with Gasteiger partial charge in [-0.1, -0.05) is 0 Å². The number of fused-ring (bicyclic) bond motifs is 1. The van der Waals surface area contributed by atoms with Crippen molar-refractivity contribution in [3.8, 4) is 0 Å². The maximum atomic E-state index is 12.2. The van der Waals surface area contributed by atoms with Crippen LogP contribution in [0.3, 0.4) is 0 Å². The van der Waals surface area contributed by atoms with Gasteiger partial charge in [0.2, 0.25) is 0 Å². The summed E-state index contributed by atoms with van der Waals surface area (Å²) in [7, 11) is 2.60. The predicted octanol–water partition coefficient (Wildman–Crippen LogP) is -0.947. The molecule has 0 spiro atoms. The number of ketones is 1. The summed E-state index contributed by atoms with van der Waals surface area (Å²) in [4.78, 5) is 35.4. The van der Waals surface area contributed by atoms with Gasteiger partial charge in [0, 0.05) is 20.5 Å². The van der Waals surface area contributed by atoms with Gasteiger partial charge in [0.25, 0.3) is 0 Å². The Morgan fingerprint density at radius 1 is 1.17 bits per heavy atom. The molecule has 2 saturated carbocycles. The van der Waals surface area contributed by atoms with Crippen LogP contribution in [0.15, 0.2) is 0 Å². The number of esters is 2. The third-order valence-electron chi connectivity index (χ3n) is 4.83. The van der Waals surface area contributed by atoms with Crippen molar-refractivity contribution in [1.29, 1.82) is 0 Å². The van der Waals surface area contributed by atoms with E-state index < -0.39 is 59.9 Å². The van der Waals surface area contributed by atoms with Crippen molar-refractivity contribution in [1.82, 2.24) is 0 Å². The summed E-state index contributed by atoms with van der Waals surface area (Å²) in [5.74, 6) is -3.62. The summed E-state index contributed by atoms with van der Waals surface area (Å²) in [6.45, 7) is 1.24. The number of methoxy groups -OCH3 is 2. The van der Waals surface area contributed by atoms with E-state index in [1.807, 2.05) is 0 Å². The molecular formula is C15H22O8. The fourth-order valence-corrected chi connectivity index (χ4v) is 3.84. The molecule has 0 unspecified atom stereocenters. The van der Waals surface area contributed by atoms with E-state index in [4.69, 9.17) is 14.2 Å². The fourth-order valence-electron chi connectivity index (χ4n) is 3.84. The summed E-state index contributed by atoms with van der Waals surface area (Å²) >= 11 is 0. The number of Topliss-reactive ketones (excluding diaryl/α,β-unsaturated/α-hetero) is 1. The highest BCUT2D eigenvalue weighted by molar-refractivity contribution is 5.86. The second kappa shape index (κ2) is 6.94. The second-order valence-electron chi connectivity index (χ2n) is 6.07. The summed E-state index contributed by atoms with van der Waals surface area (Å²) < 4.78 is 15.4. The van der Waals surface area contributed by atoms with Crippen molar-refractivity contribution in [2.24, 2.45) is 17.8 Å². The van der Waals surface area contributed by atoms with Gasteiger partial charge in [0.1, 0.15) is 18.3 Å². The quantitative estimate of drug-likeness (QED) is 0.636. The van der Waals surface area contributed by atoms with Crippen molar-refractivity contribution in [3.05, 3.63) is 0 Å². The van der Waals surface area contributed by atoms with E-state index in [-0.39, 0.29) is 12.8 Å². The third-order valence-corrected chi connectivity index (χ3v) is 4.83. The van der Waals surface area contributed by atoms with Crippen molar-refractivity contribution in [2.75, 3.05) is 14.2 Å². The Hall–Kier alpha value is -1.51. The molecule has 8 heteroatoms. The minimum atomic E-state index is -1.49. The number of ether oxygens (including phenoxy) is 3. The lowest BCUT2D eigenvalue weighted by Gasteiger charge is -2.48. The maximum absolute atomic E-state index is 12.2. The van der Waals surface area contributed by atoms with Crippen LogP contribution < -0.4 is 0 Å². The first-order chi connectivity index (χ1) is 10.8. The van der Waals surface area contributed by atoms with Crippen LogP contribution in [0.25, 0.3) is 0 Å². The molecule has 0 aromatic heterocycles. The van der Waals surface area contributed by atoms with Crippen LogP contribution in [0.5, 0.6) is 0 Å². The number of aliphatic hydroxyl groups is 2. The Bertz CT molecular complexity index is 490. The molecule has 0 amide bonds. The number of aliphatic hydroxyl groups excluding tert-OH is 2. The van der Waals surface area contributed by atoms with Gasteiger partial charge in [-0.3, -0.25) is 14.4 Å². The van der Waals surface area contributed by atoms with Crippen LogP contribution in [0.4, 0.5) is 0 Å². The SMILES string of the molecule is COC(=O)[C@H]1[C@H]2CC(=O)[C@H](O)[C@H](O)[C@H]2C[C@@H](OC(C)=O)[C@@H]1OC. The largest absolute Gasteiger partial charge is 0.469 e. The molecule has 2 aliphatic carbocycles. The standard InChI is InChI=1S/C15H22O8/c1-6(16)23-10-5-8-7(4-9(17)13(19)12(8)18)11(14(10)21-2)15(20)22-3/h7-8,10-14,18-19H,4-5H2,1-3H3/t7-,8-,10+,11-,12+,13-,14-/m0/s1. The van der Waals surface area contributed by atoms with Crippen molar-refractivity contribution in [2.45, 2.75) is 44.2 Å².